The van der Waals surface area contributed by atoms with Crippen LogP contribution in [-0.4, -0.2) is 40.5 Å². The zero-order valence-corrected chi connectivity index (χ0v) is 15.5. The molecule has 2 aliphatic rings. The molecule has 6 nitrogen and oxygen atoms in total. The van der Waals surface area contributed by atoms with Crippen molar-refractivity contribution in [2.45, 2.75) is 19.4 Å². The number of para-hydroxylation sites is 1. The first-order valence-electron chi connectivity index (χ1n) is 9.63. The van der Waals surface area contributed by atoms with Gasteiger partial charge in [0, 0.05) is 37.0 Å². The number of hydrogen-bond donors (Lipinski definition) is 0. The number of rotatable bonds is 4. The van der Waals surface area contributed by atoms with E-state index < -0.39 is 0 Å². The highest BCUT2D eigenvalue weighted by molar-refractivity contribution is 5.98. The second-order valence-electron chi connectivity index (χ2n) is 7.35. The molecule has 28 heavy (non-hydrogen) atoms. The molecular formula is C22H21N3O3. The molecule has 1 saturated heterocycles. The van der Waals surface area contributed by atoms with E-state index in [0.717, 1.165) is 49.1 Å². The lowest BCUT2D eigenvalue weighted by Crippen LogP contribution is -2.38. The minimum absolute atomic E-state index is 0.00446. The number of piperidine rings is 1. The van der Waals surface area contributed by atoms with E-state index in [1.165, 1.54) is 0 Å². The number of Topliss-reactive ketones (excluding diaryl/α,β-unsaturated/α-hetero) is 1. The quantitative estimate of drug-likeness (QED) is 0.651. The summed E-state index contributed by atoms with van der Waals surface area (Å²) in [7, 11) is 0. The van der Waals surface area contributed by atoms with Crippen LogP contribution in [0.2, 0.25) is 0 Å². The van der Waals surface area contributed by atoms with Crippen molar-refractivity contribution in [2.75, 3.05) is 19.9 Å². The number of likely N-dealkylation sites (tertiary alicyclic amines) is 1. The van der Waals surface area contributed by atoms with Gasteiger partial charge in [-0.2, -0.15) is 0 Å². The third-order valence-corrected chi connectivity index (χ3v) is 5.51. The Kier molecular flexibility index (Phi) is 4.41. The van der Waals surface area contributed by atoms with Crippen molar-refractivity contribution in [3.63, 3.8) is 0 Å². The van der Waals surface area contributed by atoms with Gasteiger partial charge in [-0.25, -0.2) is 0 Å². The van der Waals surface area contributed by atoms with Gasteiger partial charge in [0.05, 0.1) is 11.0 Å². The molecule has 2 aliphatic heterocycles. The molecule has 0 saturated carbocycles. The first kappa shape index (κ1) is 17.1. The number of aromatic nitrogens is 2. The van der Waals surface area contributed by atoms with E-state index in [9.17, 15) is 4.79 Å². The van der Waals surface area contributed by atoms with E-state index >= 15 is 0 Å². The summed E-state index contributed by atoms with van der Waals surface area (Å²) in [5, 5.41) is 0. The lowest BCUT2D eigenvalue weighted by Gasteiger charge is -2.32. The van der Waals surface area contributed by atoms with Crippen LogP contribution >= 0.6 is 0 Å². The maximum absolute atomic E-state index is 13.1. The van der Waals surface area contributed by atoms with Gasteiger partial charge in [-0.1, -0.05) is 12.1 Å². The van der Waals surface area contributed by atoms with E-state index in [1.807, 2.05) is 30.3 Å². The first-order valence-corrected chi connectivity index (χ1v) is 9.63. The summed E-state index contributed by atoms with van der Waals surface area (Å²) in [4.78, 5) is 24.3. The SMILES string of the molecule is O=C(c1ccc2c(c1)OCO2)[C@@H]1CCCN(Cc2cccc3nccnc23)C1. The molecule has 0 amide bonds. The molecule has 0 radical (unpaired) electrons. The number of fused-ring (bicyclic) bond motifs is 2. The Morgan fingerprint density at radius 3 is 2.96 bits per heavy atom. The summed E-state index contributed by atoms with van der Waals surface area (Å²) < 4.78 is 10.8. The molecule has 0 aliphatic carbocycles. The maximum atomic E-state index is 13.1. The van der Waals surface area contributed by atoms with Gasteiger partial charge in [0.25, 0.3) is 0 Å². The third-order valence-electron chi connectivity index (χ3n) is 5.51. The highest BCUT2D eigenvalue weighted by Crippen LogP contribution is 2.34. The predicted octanol–water partition coefficient (Wildman–Crippen LogP) is 3.45. The van der Waals surface area contributed by atoms with Gasteiger partial charge in [-0.05, 0) is 49.2 Å². The zero-order valence-electron chi connectivity index (χ0n) is 15.5. The van der Waals surface area contributed by atoms with E-state index in [-0.39, 0.29) is 18.5 Å². The fraction of sp³-hybridized carbons (Fsp3) is 0.318. The fourth-order valence-electron chi connectivity index (χ4n) is 4.12. The molecule has 142 valence electrons. The van der Waals surface area contributed by atoms with E-state index in [4.69, 9.17) is 9.47 Å². The molecule has 0 bridgehead atoms. The number of ether oxygens (including phenoxy) is 2. The van der Waals surface area contributed by atoms with Gasteiger partial charge in [0.1, 0.15) is 0 Å². The second kappa shape index (κ2) is 7.20. The van der Waals surface area contributed by atoms with Crippen LogP contribution in [-0.2, 0) is 6.54 Å². The summed E-state index contributed by atoms with van der Waals surface area (Å²) in [6.07, 6.45) is 5.37. The van der Waals surface area contributed by atoms with Crippen molar-refractivity contribution in [1.82, 2.24) is 14.9 Å². The summed E-state index contributed by atoms with van der Waals surface area (Å²) >= 11 is 0. The molecule has 3 aromatic rings. The van der Waals surface area contributed by atoms with Crippen molar-refractivity contribution in [3.8, 4) is 11.5 Å². The van der Waals surface area contributed by atoms with Crippen LogP contribution in [0.3, 0.4) is 0 Å². The Morgan fingerprint density at radius 1 is 1.11 bits per heavy atom. The molecule has 0 N–H and O–H groups in total. The summed E-state index contributed by atoms with van der Waals surface area (Å²) in [6.45, 7) is 2.74. The minimum atomic E-state index is -0.00446. The molecule has 2 aromatic carbocycles. The number of hydrogen-bond acceptors (Lipinski definition) is 6. The van der Waals surface area contributed by atoms with E-state index in [1.54, 1.807) is 12.4 Å². The average Bonchev–Trinajstić information content (AvgIpc) is 3.22. The summed E-state index contributed by atoms with van der Waals surface area (Å²) in [5.74, 6) is 1.54. The number of benzene rings is 2. The van der Waals surface area contributed by atoms with Crippen molar-refractivity contribution >= 4 is 16.8 Å². The second-order valence-corrected chi connectivity index (χ2v) is 7.35. The summed E-state index contributed by atoms with van der Waals surface area (Å²) in [6, 6.07) is 11.6. The van der Waals surface area contributed by atoms with Crippen LogP contribution in [0.5, 0.6) is 11.5 Å². The van der Waals surface area contributed by atoms with Crippen molar-refractivity contribution in [3.05, 3.63) is 59.9 Å². The van der Waals surface area contributed by atoms with Crippen LogP contribution in [0.25, 0.3) is 11.0 Å². The lowest BCUT2D eigenvalue weighted by molar-refractivity contribution is 0.0811. The fourth-order valence-corrected chi connectivity index (χ4v) is 4.12. The van der Waals surface area contributed by atoms with Gasteiger partial charge in [0.2, 0.25) is 6.79 Å². The maximum Gasteiger partial charge on any atom is 0.231 e. The number of carbonyl (C=O) groups excluding carboxylic acids is 1. The molecule has 0 unspecified atom stereocenters. The molecule has 0 spiro atoms. The number of nitrogens with zero attached hydrogens (tertiary/aromatic N) is 3. The zero-order chi connectivity index (χ0) is 18.9. The van der Waals surface area contributed by atoms with Crippen molar-refractivity contribution in [1.29, 1.82) is 0 Å². The van der Waals surface area contributed by atoms with E-state index in [0.29, 0.717) is 17.1 Å². The van der Waals surface area contributed by atoms with Crippen LogP contribution < -0.4 is 9.47 Å². The van der Waals surface area contributed by atoms with Crippen LogP contribution in [0.15, 0.2) is 48.8 Å². The number of carbonyl (C=O) groups is 1. The Labute approximate surface area is 163 Å². The third kappa shape index (κ3) is 3.20. The lowest BCUT2D eigenvalue weighted by atomic mass is 9.89. The van der Waals surface area contributed by atoms with Gasteiger partial charge >= 0.3 is 0 Å². The highest BCUT2D eigenvalue weighted by Gasteiger charge is 2.28. The smallest absolute Gasteiger partial charge is 0.231 e. The van der Waals surface area contributed by atoms with Crippen molar-refractivity contribution in [2.24, 2.45) is 5.92 Å². The molecule has 1 fully saturated rings. The van der Waals surface area contributed by atoms with Crippen LogP contribution in [0.1, 0.15) is 28.8 Å². The first-order chi connectivity index (χ1) is 13.8. The predicted molar refractivity (Wildman–Crippen MR) is 104 cm³/mol. The normalized spacial score (nSPS) is 19.1. The molecule has 6 heteroatoms. The molecule has 5 rings (SSSR count). The molecule has 1 aromatic heterocycles. The monoisotopic (exact) mass is 375 g/mol. The largest absolute Gasteiger partial charge is 0.454 e. The highest BCUT2D eigenvalue weighted by atomic mass is 16.7. The standard InChI is InChI=1S/C22H21N3O3/c26-22(15-6-7-19-20(11-15)28-14-27-19)17-4-2-10-25(13-17)12-16-3-1-5-18-21(16)24-9-8-23-18/h1,3,5-9,11,17H,2,4,10,12-14H2/t17-/m1/s1. The number of ketones is 1. The topological polar surface area (TPSA) is 64.6 Å². The molecular weight excluding hydrogens is 354 g/mol. The van der Waals surface area contributed by atoms with Gasteiger partial charge < -0.3 is 9.47 Å². The Bertz CT molecular complexity index is 1030. The summed E-state index contributed by atoms with van der Waals surface area (Å²) in [5.41, 5.74) is 3.70. The Morgan fingerprint density at radius 2 is 2.00 bits per heavy atom. The molecule has 3 heterocycles. The Balaban J connectivity index is 1.32. The van der Waals surface area contributed by atoms with Crippen molar-refractivity contribution < 1.29 is 14.3 Å². The average molecular weight is 375 g/mol. The Hall–Kier alpha value is -2.99. The van der Waals surface area contributed by atoms with E-state index in [2.05, 4.69) is 20.9 Å². The molecule has 1 atom stereocenters. The van der Waals surface area contributed by atoms with Gasteiger partial charge in [-0.15, -0.1) is 0 Å². The van der Waals surface area contributed by atoms with Gasteiger partial charge in [-0.3, -0.25) is 19.7 Å². The van der Waals surface area contributed by atoms with Crippen LogP contribution in [0.4, 0.5) is 0 Å². The minimum Gasteiger partial charge on any atom is -0.454 e. The van der Waals surface area contributed by atoms with Crippen LogP contribution in [0, 0.1) is 5.92 Å². The van der Waals surface area contributed by atoms with Gasteiger partial charge in [0.15, 0.2) is 17.3 Å².